The number of hydrogen-bond donors (Lipinski definition) is 0. The second-order valence-electron chi connectivity index (χ2n) is 2.14. The Bertz CT molecular complexity index is 157. The average molecular weight is 161 g/mol. The molecule has 5 nitrogen and oxygen atoms in total. The van der Waals surface area contributed by atoms with Crippen LogP contribution in [0.4, 0.5) is 0 Å². The van der Waals surface area contributed by atoms with Crippen molar-refractivity contribution in [1.29, 1.82) is 0 Å². The first kappa shape index (κ1) is 9.87. The van der Waals surface area contributed by atoms with Gasteiger partial charge in [-0.2, -0.15) is 0 Å². The molecule has 64 valence electrons. The summed E-state index contributed by atoms with van der Waals surface area (Å²) in [6, 6.07) is 0. The highest BCUT2D eigenvalue weighted by atomic mass is 16.6. The number of carbonyl (C=O) groups excluding carboxylic acids is 1. The number of esters is 1. The van der Waals surface area contributed by atoms with Crippen LogP contribution in [0.15, 0.2) is 0 Å². The summed E-state index contributed by atoms with van der Waals surface area (Å²) in [5, 5.41) is 9.99. The summed E-state index contributed by atoms with van der Waals surface area (Å²) in [7, 11) is 1.23. The number of methoxy groups -OCH3 is 1. The number of hydrogen-bond acceptors (Lipinski definition) is 4. The van der Waals surface area contributed by atoms with Gasteiger partial charge in [-0.3, -0.25) is 14.9 Å². The Hall–Kier alpha value is -1.13. The van der Waals surface area contributed by atoms with Crippen molar-refractivity contribution in [3.63, 3.8) is 0 Å². The predicted octanol–water partition coefficient (Wildman–Crippen LogP) is 0.462. The van der Waals surface area contributed by atoms with Gasteiger partial charge in [0, 0.05) is 4.92 Å². The van der Waals surface area contributed by atoms with Crippen LogP contribution in [-0.4, -0.2) is 24.5 Å². The molecule has 0 aromatic carbocycles. The van der Waals surface area contributed by atoms with E-state index in [4.69, 9.17) is 0 Å². The molecule has 1 unspecified atom stereocenters. The summed E-state index contributed by atoms with van der Waals surface area (Å²) in [4.78, 5) is 20.2. The molecule has 0 radical (unpaired) electrons. The van der Waals surface area contributed by atoms with Gasteiger partial charge in [-0.1, -0.05) is 6.92 Å². The number of rotatable bonds is 4. The van der Waals surface area contributed by atoms with E-state index in [1.54, 1.807) is 6.92 Å². The van der Waals surface area contributed by atoms with E-state index in [1.807, 2.05) is 0 Å². The monoisotopic (exact) mass is 161 g/mol. The quantitative estimate of drug-likeness (QED) is 0.341. The van der Waals surface area contributed by atoms with Crippen molar-refractivity contribution in [3.05, 3.63) is 10.1 Å². The highest BCUT2D eigenvalue weighted by Gasteiger charge is 2.22. The van der Waals surface area contributed by atoms with E-state index in [0.717, 1.165) is 0 Å². The fourth-order valence-electron chi connectivity index (χ4n) is 0.717. The maximum atomic E-state index is 10.8. The smallest absolute Gasteiger partial charge is 0.315 e. The molecule has 0 saturated carbocycles. The van der Waals surface area contributed by atoms with Gasteiger partial charge in [0.1, 0.15) is 5.92 Å². The topological polar surface area (TPSA) is 69.4 Å². The van der Waals surface area contributed by atoms with E-state index in [-0.39, 0.29) is 6.54 Å². The van der Waals surface area contributed by atoms with Crippen molar-refractivity contribution in [3.8, 4) is 0 Å². The fourth-order valence-corrected chi connectivity index (χ4v) is 0.717. The minimum absolute atomic E-state index is 0.344. The van der Waals surface area contributed by atoms with Crippen LogP contribution < -0.4 is 0 Å². The minimum Gasteiger partial charge on any atom is -0.469 e. The van der Waals surface area contributed by atoms with Gasteiger partial charge in [-0.25, -0.2) is 0 Å². The number of ether oxygens (including phenoxy) is 1. The molecule has 0 heterocycles. The third-order valence-corrected chi connectivity index (χ3v) is 1.40. The molecule has 0 saturated heterocycles. The first-order chi connectivity index (χ1) is 5.11. The van der Waals surface area contributed by atoms with Gasteiger partial charge in [0.2, 0.25) is 6.54 Å². The summed E-state index contributed by atoms with van der Waals surface area (Å²) in [6.45, 7) is 1.37. The third kappa shape index (κ3) is 3.54. The summed E-state index contributed by atoms with van der Waals surface area (Å²) >= 11 is 0. The predicted molar refractivity (Wildman–Crippen MR) is 37.7 cm³/mol. The van der Waals surface area contributed by atoms with E-state index in [2.05, 4.69) is 4.74 Å². The molecule has 0 spiro atoms. The molecular formula is C6H11NO4. The number of nitro groups is 1. The molecule has 0 aliphatic heterocycles. The lowest BCUT2D eigenvalue weighted by atomic mass is 10.1. The third-order valence-electron chi connectivity index (χ3n) is 1.40. The number of nitrogens with zero attached hydrogens (tertiary/aromatic N) is 1. The van der Waals surface area contributed by atoms with Crippen LogP contribution in [0.3, 0.4) is 0 Å². The maximum Gasteiger partial charge on any atom is 0.315 e. The molecule has 0 bridgehead atoms. The first-order valence-corrected chi connectivity index (χ1v) is 3.31. The van der Waals surface area contributed by atoms with Crippen molar-refractivity contribution in [2.24, 2.45) is 5.92 Å². The zero-order valence-electron chi connectivity index (χ0n) is 6.57. The molecule has 0 aliphatic carbocycles. The van der Waals surface area contributed by atoms with E-state index in [0.29, 0.717) is 6.42 Å². The molecule has 0 fully saturated rings. The molecular weight excluding hydrogens is 150 g/mol. The Labute approximate surface area is 64.5 Å². The van der Waals surface area contributed by atoms with Gasteiger partial charge in [0.15, 0.2) is 0 Å². The van der Waals surface area contributed by atoms with E-state index < -0.39 is 16.8 Å². The minimum atomic E-state index is -0.602. The van der Waals surface area contributed by atoms with Crippen LogP contribution >= 0.6 is 0 Å². The normalized spacial score (nSPS) is 12.2. The lowest BCUT2D eigenvalue weighted by Gasteiger charge is -2.05. The highest BCUT2D eigenvalue weighted by Crippen LogP contribution is 2.04. The van der Waals surface area contributed by atoms with E-state index >= 15 is 0 Å². The van der Waals surface area contributed by atoms with E-state index in [1.165, 1.54) is 7.11 Å². The molecule has 0 aliphatic rings. The van der Waals surface area contributed by atoms with Crippen molar-refractivity contribution in [2.75, 3.05) is 13.7 Å². The SMILES string of the molecule is CCC(C[N+](=O)[O-])C(=O)OC. The molecule has 11 heavy (non-hydrogen) atoms. The Morgan fingerprint density at radius 2 is 2.27 bits per heavy atom. The molecule has 0 rings (SSSR count). The Morgan fingerprint density at radius 1 is 1.73 bits per heavy atom. The van der Waals surface area contributed by atoms with Crippen LogP contribution in [-0.2, 0) is 9.53 Å². The summed E-state index contributed by atoms with van der Waals surface area (Å²) in [6.07, 6.45) is 0.438. The fraction of sp³-hybridized carbons (Fsp3) is 0.833. The van der Waals surface area contributed by atoms with Crippen LogP contribution in [0.2, 0.25) is 0 Å². The second kappa shape index (κ2) is 4.65. The van der Waals surface area contributed by atoms with Crippen molar-refractivity contribution < 1.29 is 14.5 Å². The summed E-state index contributed by atoms with van der Waals surface area (Å²) < 4.78 is 4.36. The lowest BCUT2D eigenvalue weighted by Crippen LogP contribution is -2.23. The maximum absolute atomic E-state index is 10.8. The van der Waals surface area contributed by atoms with Gasteiger partial charge in [-0.15, -0.1) is 0 Å². The summed E-state index contributed by atoms with van der Waals surface area (Å²) in [5.41, 5.74) is 0. The van der Waals surface area contributed by atoms with Crippen LogP contribution in [0.1, 0.15) is 13.3 Å². The lowest BCUT2D eigenvalue weighted by molar-refractivity contribution is -0.486. The van der Waals surface area contributed by atoms with Crippen molar-refractivity contribution in [1.82, 2.24) is 0 Å². The molecule has 0 aromatic heterocycles. The highest BCUT2D eigenvalue weighted by molar-refractivity contribution is 5.72. The van der Waals surface area contributed by atoms with Gasteiger partial charge in [-0.05, 0) is 6.42 Å². The van der Waals surface area contributed by atoms with Crippen LogP contribution in [0, 0.1) is 16.0 Å². The van der Waals surface area contributed by atoms with Crippen LogP contribution in [0.5, 0.6) is 0 Å². The first-order valence-electron chi connectivity index (χ1n) is 3.31. The molecule has 0 aromatic rings. The average Bonchev–Trinajstić information content (AvgIpc) is 1.98. The molecule has 0 amide bonds. The Morgan fingerprint density at radius 3 is 2.55 bits per heavy atom. The molecule has 5 heteroatoms. The van der Waals surface area contributed by atoms with Crippen LogP contribution in [0.25, 0.3) is 0 Å². The van der Waals surface area contributed by atoms with Gasteiger partial charge in [0.05, 0.1) is 7.11 Å². The summed E-state index contributed by atoms with van der Waals surface area (Å²) in [5.74, 6) is -1.11. The van der Waals surface area contributed by atoms with Crippen molar-refractivity contribution >= 4 is 5.97 Å². The zero-order valence-corrected chi connectivity index (χ0v) is 6.57. The van der Waals surface area contributed by atoms with Gasteiger partial charge in [0.25, 0.3) is 0 Å². The zero-order chi connectivity index (χ0) is 8.85. The largest absolute Gasteiger partial charge is 0.469 e. The van der Waals surface area contributed by atoms with Gasteiger partial charge >= 0.3 is 5.97 Å². The number of carbonyl (C=O) groups is 1. The second-order valence-corrected chi connectivity index (χ2v) is 2.14. The Kier molecular flexibility index (Phi) is 4.17. The molecule has 0 N–H and O–H groups in total. The standard InChI is InChI=1S/C6H11NO4/c1-3-5(4-7(9)10)6(8)11-2/h5H,3-4H2,1-2H3. The Balaban J connectivity index is 3.94. The van der Waals surface area contributed by atoms with Gasteiger partial charge < -0.3 is 4.74 Å². The molecule has 1 atom stereocenters. The van der Waals surface area contributed by atoms with Crippen molar-refractivity contribution in [2.45, 2.75) is 13.3 Å². The van der Waals surface area contributed by atoms with E-state index in [9.17, 15) is 14.9 Å².